The number of fused-ring (bicyclic) bond motifs is 3. The monoisotopic (exact) mass is 320 g/mol. The molecule has 0 amide bonds. The van der Waals surface area contributed by atoms with Crippen LogP contribution in [-0.2, 0) is 4.79 Å². The molecule has 3 aliphatic carbocycles. The number of aliphatic hydroxyl groups is 2. The summed E-state index contributed by atoms with van der Waals surface area (Å²) >= 11 is 0. The van der Waals surface area contributed by atoms with Crippen molar-refractivity contribution in [1.82, 2.24) is 0 Å². The number of hydrogen-bond donors (Lipinski definition) is 2. The Morgan fingerprint density at radius 2 is 1.96 bits per heavy atom. The Labute approximate surface area is 140 Å². The first-order chi connectivity index (χ1) is 10.7. The van der Waals surface area contributed by atoms with Crippen molar-refractivity contribution in [2.24, 2.45) is 28.6 Å². The minimum atomic E-state index is -0.834. The smallest absolute Gasteiger partial charge is 0.159 e. The zero-order chi connectivity index (χ0) is 17.0. The van der Waals surface area contributed by atoms with Gasteiger partial charge in [0.25, 0.3) is 0 Å². The van der Waals surface area contributed by atoms with E-state index in [4.69, 9.17) is 0 Å². The maximum Gasteiger partial charge on any atom is 0.159 e. The van der Waals surface area contributed by atoms with Gasteiger partial charge in [0.15, 0.2) is 5.78 Å². The molecule has 3 nitrogen and oxygen atoms in total. The number of carbonyl (C=O) groups excluding carboxylic acids is 1. The van der Waals surface area contributed by atoms with Crippen LogP contribution >= 0.6 is 0 Å². The van der Waals surface area contributed by atoms with Crippen LogP contribution in [-0.4, -0.2) is 28.2 Å². The minimum absolute atomic E-state index is 0.0772. The van der Waals surface area contributed by atoms with Gasteiger partial charge in [-0.15, -0.1) is 0 Å². The average Bonchev–Trinajstić information content (AvgIpc) is 2.50. The number of rotatable bonds is 2. The molecule has 0 aromatic carbocycles. The van der Waals surface area contributed by atoms with Crippen LogP contribution in [0.15, 0.2) is 11.6 Å². The summed E-state index contributed by atoms with van der Waals surface area (Å²) < 4.78 is 0. The quantitative estimate of drug-likeness (QED) is 0.819. The van der Waals surface area contributed by atoms with Crippen LogP contribution in [0.4, 0.5) is 0 Å². The van der Waals surface area contributed by atoms with E-state index < -0.39 is 5.60 Å². The molecule has 0 spiro atoms. The molecule has 2 fully saturated rings. The predicted octanol–water partition coefficient (Wildman–Crippen LogP) is 3.49. The molecule has 2 saturated carbocycles. The minimum Gasteiger partial charge on any atom is -0.396 e. The van der Waals surface area contributed by atoms with E-state index in [1.54, 1.807) is 0 Å². The summed E-state index contributed by atoms with van der Waals surface area (Å²) in [5, 5.41) is 20.8. The van der Waals surface area contributed by atoms with Crippen molar-refractivity contribution < 1.29 is 15.0 Å². The summed E-state index contributed by atoms with van der Waals surface area (Å²) in [7, 11) is 0. The Bertz CT molecular complexity index is 537. The van der Waals surface area contributed by atoms with Crippen molar-refractivity contribution in [3.8, 4) is 0 Å². The predicted molar refractivity (Wildman–Crippen MR) is 90.9 cm³/mol. The molecular formula is C20H32O3. The van der Waals surface area contributed by atoms with E-state index in [0.717, 1.165) is 37.7 Å². The second-order valence-corrected chi connectivity index (χ2v) is 9.19. The molecule has 0 aliphatic heterocycles. The van der Waals surface area contributed by atoms with E-state index in [9.17, 15) is 15.0 Å². The third-order valence-electron chi connectivity index (χ3n) is 7.58. The van der Waals surface area contributed by atoms with Crippen LogP contribution < -0.4 is 0 Å². The first-order valence-electron chi connectivity index (χ1n) is 9.25. The molecule has 0 radical (unpaired) electrons. The Hall–Kier alpha value is -0.670. The Kier molecular flexibility index (Phi) is 4.04. The molecule has 0 aromatic rings. The molecule has 23 heavy (non-hydrogen) atoms. The lowest BCUT2D eigenvalue weighted by atomic mass is 9.45. The molecule has 2 N–H and O–H groups in total. The summed E-state index contributed by atoms with van der Waals surface area (Å²) in [4.78, 5) is 12.9. The molecule has 5 atom stereocenters. The van der Waals surface area contributed by atoms with Crippen LogP contribution in [0.1, 0.15) is 66.2 Å². The molecule has 3 heteroatoms. The van der Waals surface area contributed by atoms with E-state index in [1.807, 2.05) is 19.9 Å². The third-order valence-corrected chi connectivity index (χ3v) is 7.58. The van der Waals surface area contributed by atoms with E-state index in [0.29, 0.717) is 6.42 Å². The van der Waals surface area contributed by atoms with Gasteiger partial charge in [0.2, 0.25) is 0 Å². The lowest BCUT2D eigenvalue weighted by molar-refractivity contribution is -0.137. The van der Waals surface area contributed by atoms with Crippen molar-refractivity contribution in [1.29, 1.82) is 0 Å². The second kappa shape index (κ2) is 5.42. The number of aliphatic hydroxyl groups excluding tert-OH is 1. The maximum absolute atomic E-state index is 12.9. The fraction of sp³-hybridized carbons (Fsp3) is 0.850. The third kappa shape index (κ3) is 2.42. The first kappa shape index (κ1) is 17.2. The fourth-order valence-electron chi connectivity index (χ4n) is 5.80. The lowest BCUT2D eigenvalue weighted by Crippen LogP contribution is -2.55. The van der Waals surface area contributed by atoms with Crippen molar-refractivity contribution >= 4 is 5.78 Å². The van der Waals surface area contributed by atoms with Crippen molar-refractivity contribution in [3.05, 3.63) is 11.6 Å². The number of carbonyl (C=O) groups is 1. The van der Waals surface area contributed by atoms with E-state index in [-0.39, 0.29) is 41.0 Å². The molecule has 0 unspecified atom stereocenters. The number of hydrogen-bond acceptors (Lipinski definition) is 3. The van der Waals surface area contributed by atoms with Crippen LogP contribution in [0.5, 0.6) is 0 Å². The highest BCUT2D eigenvalue weighted by atomic mass is 16.3. The fourth-order valence-corrected chi connectivity index (χ4v) is 5.80. The van der Waals surface area contributed by atoms with E-state index >= 15 is 0 Å². The topological polar surface area (TPSA) is 57.5 Å². The molecule has 0 saturated heterocycles. The first-order valence-corrected chi connectivity index (χ1v) is 9.25. The summed E-state index contributed by atoms with van der Waals surface area (Å²) in [5.74, 6) is 0.841. The van der Waals surface area contributed by atoms with Gasteiger partial charge in [-0.25, -0.2) is 0 Å². The van der Waals surface area contributed by atoms with Gasteiger partial charge in [0.1, 0.15) is 0 Å². The van der Waals surface area contributed by atoms with Gasteiger partial charge in [-0.1, -0.05) is 34.1 Å². The molecule has 3 aliphatic rings. The summed E-state index contributed by atoms with van der Waals surface area (Å²) in [6, 6.07) is 0. The summed E-state index contributed by atoms with van der Waals surface area (Å²) in [6.07, 6.45) is 7.33. The zero-order valence-corrected chi connectivity index (χ0v) is 15.1. The largest absolute Gasteiger partial charge is 0.396 e. The molecule has 130 valence electrons. The van der Waals surface area contributed by atoms with Gasteiger partial charge < -0.3 is 10.2 Å². The van der Waals surface area contributed by atoms with Crippen molar-refractivity contribution in [2.75, 3.05) is 6.61 Å². The highest BCUT2D eigenvalue weighted by molar-refractivity contribution is 5.97. The van der Waals surface area contributed by atoms with Gasteiger partial charge in [0, 0.05) is 13.0 Å². The van der Waals surface area contributed by atoms with Crippen LogP contribution in [0.3, 0.4) is 0 Å². The molecule has 0 heterocycles. The molecular weight excluding hydrogens is 288 g/mol. The molecule has 0 aromatic heterocycles. The van der Waals surface area contributed by atoms with Crippen molar-refractivity contribution in [2.45, 2.75) is 71.8 Å². The zero-order valence-electron chi connectivity index (χ0n) is 15.1. The van der Waals surface area contributed by atoms with Crippen molar-refractivity contribution in [3.63, 3.8) is 0 Å². The number of Topliss-reactive ketones (excluding diaryl/α,β-unsaturated/α-hetero) is 1. The Morgan fingerprint density at radius 1 is 1.26 bits per heavy atom. The van der Waals surface area contributed by atoms with Crippen LogP contribution in [0.2, 0.25) is 0 Å². The van der Waals surface area contributed by atoms with Gasteiger partial charge in [-0.2, -0.15) is 0 Å². The SMILES string of the molecule is CC(C)[C@]1(O)C=C2C(=O)C[C@H]3[C@](C)(CO)CCC[C@]3(C)[C@H]2CC1. The number of allylic oxidation sites excluding steroid dienone is 1. The number of ketones is 1. The Morgan fingerprint density at radius 3 is 2.57 bits per heavy atom. The molecule has 3 rings (SSSR count). The standard InChI is InChI=1S/C20H32O3/c1-13(2)20(23)9-6-15-14(11-20)16(22)10-17-18(3,12-21)7-5-8-19(15,17)4/h11,13,15,17,21,23H,5-10,12H2,1-4H3/t15-,17-,18-,19+,20+/m0/s1. The van der Waals surface area contributed by atoms with E-state index in [2.05, 4.69) is 13.8 Å². The van der Waals surface area contributed by atoms with Gasteiger partial charge in [0.05, 0.1) is 5.60 Å². The van der Waals surface area contributed by atoms with Gasteiger partial charge >= 0.3 is 0 Å². The lowest BCUT2D eigenvalue weighted by Gasteiger charge is -2.59. The highest BCUT2D eigenvalue weighted by Gasteiger charge is 2.58. The average molecular weight is 320 g/mol. The summed E-state index contributed by atoms with van der Waals surface area (Å²) in [5.41, 5.74) is -0.0127. The van der Waals surface area contributed by atoms with E-state index in [1.165, 1.54) is 0 Å². The molecule has 0 bridgehead atoms. The summed E-state index contributed by atoms with van der Waals surface area (Å²) in [6.45, 7) is 8.71. The Balaban J connectivity index is 2.03. The van der Waals surface area contributed by atoms with Crippen LogP contribution in [0.25, 0.3) is 0 Å². The van der Waals surface area contributed by atoms with Gasteiger partial charge in [-0.05, 0) is 65.9 Å². The maximum atomic E-state index is 12.9. The van der Waals surface area contributed by atoms with Gasteiger partial charge in [-0.3, -0.25) is 4.79 Å². The second-order valence-electron chi connectivity index (χ2n) is 9.19. The van der Waals surface area contributed by atoms with Crippen LogP contribution in [0, 0.1) is 28.6 Å². The normalized spacial score (nSPS) is 47.1. The highest BCUT2D eigenvalue weighted by Crippen LogP contribution is 2.62.